The number of rotatable bonds is 3. The van der Waals surface area contributed by atoms with Crippen molar-refractivity contribution in [2.75, 3.05) is 10.6 Å². The second-order valence-electron chi connectivity index (χ2n) is 6.19. The van der Waals surface area contributed by atoms with Gasteiger partial charge in [-0.05, 0) is 43.3 Å². The van der Waals surface area contributed by atoms with Crippen LogP contribution in [0.1, 0.15) is 18.5 Å². The molecule has 9 heteroatoms. The largest absolute Gasteiger partial charge is 0.328 e. The molecule has 1 aliphatic heterocycles. The van der Waals surface area contributed by atoms with E-state index in [0.29, 0.717) is 38.0 Å². The fourth-order valence-corrected chi connectivity index (χ4v) is 3.84. The van der Waals surface area contributed by atoms with Crippen molar-refractivity contribution in [3.05, 3.63) is 80.9 Å². The van der Waals surface area contributed by atoms with Gasteiger partial charge in [-0.2, -0.15) is 10.1 Å². The van der Waals surface area contributed by atoms with Crippen molar-refractivity contribution in [2.24, 2.45) is 0 Å². The summed E-state index contributed by atoms with van der Waals surface area (Å²) in [4.78, 5) is 17.3. The minimum absolute atomic E-state index is 0.302. The topological polar surface area (TPSA) is 71.8 Å². The van der Waals surface area contributed by atoms with Crippen LogP contribution in [0.15, 0.2) is 64.5 Å². The molecule has 2 N–H and O–H groups in total. The molecule has 28 heavy (non-hydrogen) atoms. The van der Waals surface area contributed by atoms with Gasteiger partial charge in [0.1, 0.15) is 18.2 Å². The lowest BCUT2D eigenvalue weighted by molar-refractivity contribution is -0.113. The number of hydrogen-bond acceptors (Lipinski definition) is 4. The Labute approximate surface area is 173 Å². The van der Waals surface area contributed by atoms with Gasteiger partial charge in [0.2, 0.25) is 5.95 Å². The molecule has 4 rings (SSSR count). The monoisotopic (exact) mass is 461 g/mol. The number of hydrogen-bond donors (Lipinski definition) is 2. The number of benzene rings is 2. The van der Waals surface area contributed by atoms with E-state index in [1.54, 1.807) is 43.3 Å². The van der Waals surface area contributed by atoms with Gasteiger partial charge in [0.15, 0.2) is 0 Å². The highest BCUT2D eigenvalue weighted by molar-refractivity contribution is 9.10. The van der Waals surface area contributed by atoms with Crippen LogP contribution in [0.3, 0.4) is 0 Å². The average Bonchev–Trinajstić information content (AvgIpc) is 3.11. The fourth-order valence-electron chi connectivity index (χ4n) is 3.16. The zero-order chi connectivity index (χ0) is 19.8. The summed E-state index contributed by atoms with van der Waals surface area (Å²) >= 11 is 9.31. The Morgan fingerprint density at radius 1 is 1.29 bits per heavy atom. The third-order valence-electron chi connectivity index (χ3n) is 4.41. The molecule has 0 spiro atoms. The van der Waals surface area contributed by atoms with E-state index in [9.17, 15) is 9.18 Å². The van der Waals surface area contributed by atoms with Gasteiger partial charge in [0.05, 0.1) is 5.57 Å². The smallest absolute Gasteiger partial charge is 0.255 e. The second kappa shape index (κ2) is 7.37. The summed E-state index contributed by atoms with van der Waals surface area (Å²) in [6.45, 7) is 1.75. The molecule has 3 aromatic rings. The third-order valence-corrected chi connectivity index (χ3v) is 5.36. The Bertz CT molecular complexity index is 1080. The van der Waals surface area contributed by atoms with E-state index in [-0.39, 0.29) is 5.91 Å². The first-order valence-electron chi connectivity index (χ1n) is 8.34. The van der Waals surface area contributed by atoms with Gasteiger partial charge >= 0.3 is 0 Å². The van der Waals surface area contributed by atoms with Crippen molar-refractivity contribution >= 4 is 45.1 Å². The zero-order valence-corrected chi connectivity index (χ0v) is 16.9. The van der Waals surface area contributed by atoms with Crippen LogP contribution in [0, 0.1) is 5.82 Å². The highest BCUT2D eigenvalue weighted by Gasteiger charge is 2.36. The number of anilines is 2. The molecule has 0 unspecified atom stereocenters. The molecule has 0 bridgehead atoms. The minimum atomic E-state index is -0.790. The number of amides is 1. The number of fused-ring (bicyclic) bond motifs is 1. The molecule has 1 aliphatic rings. The van der Waals surface area contributed by atoms with E-state index in [2.05, 4.69) is 36.6 Å². The minimum Gasteiger partial charge on any atom is -0.328 e. The van der Waals surface area contributed by atoms with Crippen molar-refractivity contribution in [1.29, 1.82) is 0 Å². The van der Waals surface area contributed by atoms with Crippen LogP contribution >= 0.6 is 27.5 Å². The predicted octanol–water partition coefficient (Wildman–Crippen LogP) is 4.76. The maximum Gasteiger partial charge on any atom is 0.255 e. The van der Waals surface area contributed by atoms with Gasteiger partial charge in [0, 0.05) is 26.4 Å². The number of carbonyl (C=O) groups is 1. The summed E-state index contributed by atoms with van der Waals surface area (Å²) in [6.07, 6.45) is 1.36. The van der Waals surface area contributed by atoms with Gasteiger partial charge in [-0.25, -0.2) is 9.07 Å². The van der Waals surface area contributed by atoms with Gasteiger partial charge in [0.25, 0.3) is 5.91 Å². The van der Waals surface area contributed by atoms with E-state index in [1.807, 2.05) is 0 Å². The van der Waals surface area contributed by atoms with Crippen molar-refractivity contribution in [1.82, 2.24) is 14.8 Å². The molecule has 2 aromatic carbocycles. The lowest BCUT2D eigenvalue weighted by Gasteiger charge is -2.29. The number of nitrogens with one attached hydrogen (secondary N) is 2. The van der Waals surface area contributed by atoms with E-state index in [4.69, 9.17) is 11.6 Å². The summed E-state index contributed by atoms with van der Waals surface area (Å²) in [5.74, 6) is -0.401. The number of halogens is 3. The molecule has 0 saturated heterocycles. The summed E-state index contributed by atoms with van der Waals surface area (Å²) in [5, 5.41) is 10.7. The van der Waals surface area contributed by atoms with Crippen LogP contribution < -0.4 is 10.6 Å². The first kappa shape index (κ1) is 18.6. The van der Waals surface area contributed by atoms with Crippen LogP contribution in [0.25, 0.3) is 0 Å². The molecule has 2 heterocycles. The maximum atomic E-state index is 14.8. The van der Waals surface area contributed by atoms with E-state index >= 15 is 0 Å². The maximum absolute atomic E-state index is 14.8. The molecular weight excluding hydrogens is 449 g/mol. The predicted molar refractivity (Wildman–Crippen MR) is 109 cm³/mol. The third kappa shape index (κ3) is 3.29. The first-order valence-corrected chi connectivity index (χ1v) is 9.51. The molecule has 1 aromatic heterocycles. The van der Waals surface area contributed by atoms with Crippen molar-refractivity contribution in [3.8, 4) is 0 Å². The number of aromatic nitrogens is 3. The van der Waals surface area contributed by atoms with Gasteiger partial charge < -0.3 is 10.6 Å². The quantitative estimate of drug-likeness (QED) is 0.589. The second-order valence-corrected chi connectivity index (χ2v) is 7.48. The number of carbonyl (C=O) groups excluding carboxylic acids is 1. The molecule has 0 fully saturated rings. The van der Waals surface area contributed by atoms with Crippen molar-refractivity contribution in [3.63, 3.8) is 0 Å². The van der Waals surface area contributed by atoms with Crippen molar-refractivity contribution < 1.29 is 9.18 Å². The van der Waals surface area contributed by atoms with Crippen LogP contribution in [0.4, 0.5) is 16.0 Å². The highest BCUT2D eigenvalue weighted by Crippen LogP contribution is 2.39. The summed E-state index contributed by atoms with van der Waals surface area (Å²) in [7, 11) is 0. The summed E-state index contributed by atoms with van der Waals surface area (Å²) < 4.78 is 16.8. The fraction of sp³-hybridized carbons (Fsp3) is 0.105. The first-order chi connectivity index (χ1) is 13.5. The Hall–Kier alpha value is -2.71. The van der Waals surface area contributed by atoms with Crippen LogP contribution in [-0.2, 0) is 4.79 Å². The SMILES string of the molecule is CC1=C(C(=O)Nc2ccc(Cl)cc2)[C@H](c2c(F)cccc2Br)n2ncnc2N1. The van der Waals surface area contributed by atoms with Crippen LogP contribution in [0.2, 0.25) is 5.02 Å². The van der Waals surface area contributed by atoms with E-state index < -0.39 is 11.9 Å². The van der Waals surface area contributed by atoms with Crippen LogP contribution in [0.5, 0.6) is 0 Å². The Kier molecular flexibility index (Phi) is 4.91. The lowest BCUT2D eigenvalue weighted by Crippen LogP contribution is -2.32. The standard InChI is InChI=1S/C19H14BrClFN5O/c1-10-15(18(28)26-12-7-5-11(21)6-8-12)17(27-19(25-10)23-9-24-27)16-13(20)3-2-4-14(16)22/h2-9,17H,1H3,(H,26,28)(H,23,24,25)/t17-/m1/s1. The van der Waals surface area contributed by atoms with Gasteiger partial charge in [-0.15, -0.1) is 0 Å². The van der Waals surface area contributed by atoms with Crippen molar-refractivity contribution in [2.45, 2.75) is 13.0 Å². The van der Waals surface area contributed by atoms with E-state index in [1.165, 1.54) is 17.1 Å². The lowest BCUT2D eigenvalue weighted by atomic mass is 9.94. The highest BCUT2D eigenvalue weighted by atomic mass is 79.9. The van der Waals surface area contributed by atoms with Gasteiger partial charge in [-0.1, -0.05) is 33.6 Å². The molecular formula is C19H14BrClFN5O. The molecule has 0 radical (unpaired) electrons. The summed E-state index contributed by atoms with van der Waals surface area (Å²) in [6, 6.07) is 10.6. The Morgan fingerprint density at radius 2 is 2.04 bits per heavy atom. The Morgan fingerprint density at radius 3 is 2.75 bits per heavy atom. The molecule has 142 valence electrons. The molecule has 0 aliphatic carbocycles. The average molecular weight is 463 g/mol. The molecule has 6 nitrogen and oxygen atoms in total. The molecule has 0 saturated carbocycles. The normalized spacial score (nSPS) is 15.8. The zero-order valence-electron chi connectivity index (χ0n) is 14.6. The molecule has 1 amide bonds. The van der Waals surface area contributed by atoms with E-state index in [0.717, 1.165) is 0 Å². The summed E-state index contributed by atoms with van der Waals surface area (Å²) in [5.41, 5.74) is 1.77. The van der Waals surface area contributed by atoms with Crippen LogP contribution in [-0.4, -0.2) is 20.7 Å². The Balaban J connectivity index is 1.81. The number of allylic oxidation sites excluding steroid dienone is 1. The molecule has 1 atom stereocenters. The number of nitrogens with zero attached hydrogens (tertiary/aromatic N) is 3. The van der Waals surface area contributed by atoms with Gasteiger partial charge in [-0.3, -0.25) is 4.79 Å².